The summed E-state index contributed by atoms with van der Waals surface area (Å²) in [5.74, 6) is 1.06. The highest BCUT2D eigenvalue weighted by molar-refractivity contribution is 7.09. The third-order valence-electron chi connectivity index (χ3n) is 2.97. The minimum absolute atomic E-state index is 0.506. The van der Waals surface area contributed by atoms with E-state index >= 15 is 0 Å². The lowest BCUT2D eigenvalue weighted by molar-refractivity contribution is 0.840. The van der Waals surface area contributed by atoms with E-state index < -0.39 is 0 Å². The van der Waals surface area contributed by atoms with Gasteiger partial charge in [-0.2, -0.15) is 4.37 Å². The van der Waals surface area contributed by atoms with Gasteiger partial charge in [-0.25, -0.2) is 0 Å². The molecule has 0 bridgehead atoms. The van der Waals surface area contributed by atoms with E-state index in [1.807, 2.05) is 0 Å². The third-order valence-corrected chi connectivity index (χ3v) is 3.80. The molecular formula is C15H19NS. The Morgan fingerprint density at radius 2 is 1.71 bits per heavy atom. The van der Waals surface area contributed by atoms with Crippen LogP contribution in [0.3, 0.4) is 0 Å². The van der Waals surface area contributed by atoms with E-state index in [4.69, 9.17) is 0 Å². The van der Waals surface area contributed by atoms with Gasteiger partial charge in [0.1, 0.15) is 0 Å². The van der Waals surface area contributed by atoms with Crippen LogP contribution in [0.1, 0.15) is 50.8 Å². The summed E-state index contributed by atoms with van der Waals surface area (Å²) in [6.45, 7) is 8.85. The van der Waals surface area contributed by atoms with Crippen molar-refractivity contribution < 1.29 is 0 Å². The van der Waals surface area contributed by atoms with Gasteiger partial charge in [-0.05, 0) is 40.6 Å². The molecule has 0 unspecified atom stereocenters. The van der Waals surface area contributed by atoms with Crippen molar-refractivity contribution >= 4 is 11.5 Å². The first-order valence-corrected chi connectivity index (χ1v) is 6.93. The van der Waals surface area contributed by atoms with E-state index in [1.165, 1.54) is 21.7 Å². The molecule has 1 aromatic heterocycles. The van der Waals surface area contributed by atoms with E-state index in [0.717, 1.165) is 0 Å². The van der Waals surface area contributed by atoms with Crippen LogP contribution in [0.15, 0.2) is 30.3 Å². The first-order chi connectivity index (χ1) is 8.09. The van der Waals surface area contributed by atoms with Crippen LogP contribution in [0.4, 0.5) is 0 Å². The molecule has 1 nitrogen and oxygen atoms in total. The molecular weight excluding hydrogens is 226 g/mol. The van der Waals surface area contributed by atoms with Crippen LogP contribution >= 0.6 is 11.5 Å². The average molecular weight is 245 g/mol. The second-order valence-corrected chi connectivity index (χ2v) is 5.82. The molecule has 0 radical (unpaired) electrons. The van der Waals surface area contributed by atoms with Gasteiger partial charge in [0.05, 0.1) is 10.6 Å². The number of rotatable bonds is 3. The minimum atomic E-state index is 0.506. The van der Waals surface area contributed by atoms with Gasteiger partial charge < -0.3 is 0 Å². The molecule has 0 N–H and O–H groups in total. The van der Waals surface area contributed by atoms with Gasteiger partial charge in [-0.1, -0.05) is 52.0 Å². The number of hydrogen-bond donors (Lipinski definition) is 0. The number of hydrogen-bond acceptors (Lipinski definition) is 2. The molecule has 0 saturated carbocycles. The number of aromatic nitrogens is 1. The minimum Gasteiger partial charge on any atom is -0.197 e. The van der Waals surface area contributed by atoms with Gasteiger partial charge in [0, 0.05) is 0 Å². The Labute approximate surface area is 108 Å². The zero-order valence-corrected chi connectivity index (χ0v) is 11.7. The van der Waals surface area contributed by atoms with Gasteiger partial charge in [0.25, 0.3) is 0 Å². The highest BCUT2D eigenvalue weighted by atomic mass is 32.1. The lowest BCUT2D eigenvalue weighted by atomic mass is 9.96. The third kappa shape index (κ3) is 2.58. The normalized spacial score (nSPS) is 11.4. The van der Waals surface area contributed by atoms with Gasteiger partial charge in [-0.3, -0.25) is 0 Å². The van der Waals surface area contributed by atoms with Crippen molar-refractivity contribution in [1.29, 1.82) is 0 Å². The summed E-state index contributed by atoms with van der Waals surface area (Å²) < 4.78 is 4.53. The number of benzene rings is 1. The van der Waals surface area contributed by atoms with Crippen LogP contribution in [-0.2, 0) is 0 Å². The lowest BCUT2D eigenvalue weighted by Crippen LogP contribution is -1.90. The first kappa shape index (κ1) is 12.3. The predicted octanol–water partition coefficient (Wildman–Crippen LogP) is 5.06. The van der Waals surface area contributed by atoms with Crippen molar-refractivity contribution in [2.45, 2.75) is 39.5 Å². The summed E-state index contributed by atoms with van der Waals surface area (Å²) in [5, 5.41) is 0. The Bertz CT molecular complexity index is 497. The Balaban J connectivity index is 2.45. The van der Waals surface area contributed by atoms with Crippen LogP contribution < -0.4 is 0 Å². The fourth-order valence-electron chi connectivity index (χ4n) is 1.91. The van der Waals surface area contributed by atoms with Gasteiger partial charge >= 0.3 is 0 Å². The number of nitrogens with zero attached hydrogens (tertiary/aromatic N) is 1. The molecule has 0 atom stereocenters. The summed E-state index contributed by atoms with van der Waals surface area (Å²) in [5.41, 5.74) is 3.95. The molecule has 0 aliphatic heterocycles. The maximum atomic E-state index is 4.53. The van der Waals surface area contributed by atoms with Crippen molar-refractivity contribution in [1.82, 2.24) is 4.37 Å². The highest BCUT2D eigenvalue weighted by Gasteiger charge is 2.12. The van der Waals surface area contributed by atoms with Crippen molar-refractivity contribution in [3.05, 3.63) is 41.6 Å². The molecule has 90 valence electrons. The molecule has 0 saturated heterocycles. The summed E-state index contributed by atoms with van der Waals surface area (Å²) in [6.07, 6.45) is 0. The first-order valence-electron chi connectivity index (χ1n) is 6.15. The fraction of sp³-hybridized carbons (Fsp3) is 0.400. The van der Waals surface area contributed by atoms with Crippen LogP contribution in [0.25, 0.3) is 10.4 Å². The second kappa shape index (κ2) is 5.01. The van der Waals surface area contributed by atoms with Crippen molar-refractivity contribution in [2.24, 2.45) is 0 Å². The summed E-state index contributed by atoms with van der Waals surface area (Å²) in [6, 6.07) is 10.9. The van der Waals surface area contributed by atoms with E-state index in [1.54, 1.807) is 11.5 Å². The van der Waals surface area contributed by atoms with E-state index in [2.05, 4.69) is 62.4 Å². The smallest absolute Gasteiger partial charge is 0.0574 e. The Morgan fingerprint density at radius 3 is 2.29 bits per heavy atom. The molecule has 2 aromatic rings. The fourth-order valence-corrected chi connectivity index (χ4v) is 2.84. The molecule has 0 spiro atoms. The molecule has 0 aliphatic rings. The molecule has 17 heavy (non-hydrogen) atoms. The Hall–Kier alpha value is -1.15. The SMILES string of the molecule is CC(C)c1cc(-c2ccccc2C(C)C)sn1. The summed E-state index contributed by atoms with van der Waals surface area (Å²) >= 11 is 1.61. The topological polar surface area (TPSA) is 12.9 Å². The van der Waals surface area contributed by atoms with E-state index in [9.17, 15) is 0 Å². The van der Waals surface area contributed by atoms with Crippen LogP contribution in [0, 0.1) is 0 Å². The van der Waals surface area contributed by atoms with Crippen molar-refractivity contribution in [3.63, 3.8) is 0 Å². The maximum absolute atomic E-state index is 4.53. The van der Waals surface area contributed by atoms with Crippen molar-refractivity contribution in [3.8, 4) is 10.4 Å². The summed E-state index contributed by atoms with van der Waals surface area (Å²) in [7, 11) is 0. The van der Waals surface area contributed by atoms with Crippen molar-refractivity contribution in [2.75, 3.05) is 0 Å². The van der Waals surface area contributed by atoms with Crippen LogP contribution in [0.5, 0.6) is 0 Å². The standard InChI is InChI=1S/C15H19NS/c1-10(2)12-7-5-6-8-13(12)15-9-14(11(3)4)16-17-15/h5-11H,1-4H3. The molecule has 0 amide bonds. The van der Waals surface area contributed by atoms with E-state index in [-0.39, 0.29) is 0 Å². The largest absolute Gasteiger partial charge is 0.197 e. The van der Waals surface area contributed by atoms with Crippen LogP contribution in [-0.4, -0.2) is 4.37 Å². The summed E-state index contributed by atoms with van der Waals surface area (Å²) in [4.78, 5) is 1.29. The van der Waals surface area contributed by atoms with Crippen LogP contribution in [0.2, 0.25) is 0 Å². The second-order valence-electron chi connectivity index (χ2n) is 5.01. The van der Waals surface area contributed by atoms with E-state index in [0.29, 0.717) is 11.8 Å². The molecule has 2 rings (SSSR count). The van der Waals surface area contributed by atoms with Gasteiger partial charge in [0.15, 0.2) is 0 Å². The quantitative estimate of drug-likeness (QED) is 0.736. The Morgan fingerprint density at radius 1 is 1.00 bits per heavy atom. The van der Waals surface area contributed by atoms with Gasteiger partial charge in [-0.15, -0.1) is 0 Å². The lowest BCUT2D eigenvalue weighted by Gasteiger charge is -2.10. The Kier molecular flexibility index (Phi) is 3.63. The van der Waals surface area contributed by atoms with Gasteiger partial charge in [0.2, 0.25) is 0 Å². The monoisotopic (exact) mass is 245 g/mol. The zero-order valence-electron chi connectivity index (χ0n) is 10.9. The molecule has 0 aliphatic carbocycles. The maximum Gasteiger partial charge on any atom is 0.0574 e. The molecule has 1 heterocycles. The molecule has 0 fully saturated rings. The molecule has 2 heteroatoms. The highest BCUT2D eigenvalue weighted by Crippen LogP contribution is 2.33. The average Bonchev–Trinajstić information content (AvgIpc) is 2.78. The molecule has 1 aromatic carbocycles. The predicted molar refractivity (Wildman–Crippen MR) is 75.7 cm³/mol. The zero-order chi connectivity index (χ0) is 12.4.